The Morgan fingerprint density at radius 1 is 1.28 bits per heavy atom. The molecule has 0 saturated heterocycles. The van der Waals surface area contributed by atoms with Crippen LogP contribution < -0.4 is 4.74 Å². The lowest BCUT2D eigenvalue weighted by Gasteiger charge is -2.21. The minimum atomic E-state index is -0.990. The molecule has 0 amide bonds. The molecule has 0 radical (unpaired) electrons. The Kier molecular flexibility index (Phi) is 4.79. The number of hydrogen-bond acceptors (Lipinski definition) is 3. The van der Waals surface area contributed by atoms with Crippen molar-refractivity contribution in [3.05, 3.63) is 29.2 Å². The molecule has 1 aliphatic rings. The van der Waals surface area contributed by atoms with E-state index in [1.54, 1.807) is 6.92 Å². The minimum absolute atomic E-state index is 0.0430. The Balaban J connectivity index is 2.19. The topological polar surface area (TPSA) is 68.5 Å². The van der Waals surface area contributed by atoms with Gasteiger partial charge in [-0.3, -0.25) is 14.2 Å². The number of hydrogen-bond donors (Lipinski definition) is 1. The third-order valence-corrected chi connectivity index (χ3v) is 5.11. The van der Waals surface area contributed by atoms with Gasteiger partial charge in [0, 0.05) is 23.1 Å². The Bertz CT molecular complexity index is 834. The molecule has 0 bridgehead atoms. The van der Waals surface area contributed by atoms with Crippen molar-refractivity contribution in [3.63, 3.8) is 0 Å². The van der Waals surface area contributed by atoms with Crippen molar-refractivity contribution in [2.45, 2.75) is 45.4 Å². The number of halogens is 1. The predicted molar refractivity (Wildman–Crippen MR) is 91.7 cm³/mol. The van der Waals surface area contributed by atoms with Gasteiger partial charge in [0.2, 0.25) is 5.91 Å². The van der Waals surface area contributed by atoms with E-state index in [1.165, 1.54) is 23.8 Å². The quantitative estimate of drug-likeness (QED) is 0.909. The van der Waals surface area contributed by atoms with Gasteiger partial charge in [0.15, 0.2) is 11.6 Å². The summed E-state index contributed by atoms with van der Waals surface area (Å²) in [4.78, 5) is 24.3. The second kappa shape index (κ2) is 6.86. The van der Waals surface area contributed by atoms with E-state index in [0.717, 1.165) is 32.1 Å². The van der Waals surface area contributed by atoms with Crippen LogP contribution >= 0.6 is 0 Å². The summed E-state index contributed by atoms with van der Waals surface area (Å²) >= 11 is 0. The standard InChI is InChI=1S/C19H22FNO4/c1-11-13(9-18(22)23)14-8-17(25-2)15(20)10-16(14)21(11)19(24)12-6-4-3-5-7-12/h8,10,12H,3-7,9H2,1-2H3,(H,22,23). The zero-order valence-corrected chi connectivity index (χ0v) is 14.5. The fourth-order valence-corrected chi connectivity index (χ4v) is 3.83. The fourth-order valence-electron chi connectivity index (χ4n) is 3.83. The van der Waals surface area contributed by atoms with Crippen LogP contribution in [0.3, 0.4) is 0 Å². The minimum Gasteiger partial charge on any atom is -0.494 e. The molecule has 3 rings (SSSR count). The lowest BCUT2D eigenvalue weighted by atomic mass is 9.88. The van der Waals surface area contributed by atoms with E-state index >= 15 is 0 Å². The van der Waals surface area contributed by atoms with Gasteiger partial charge >= 0.3 is 5.97 Å². The van der Waals surface area contributed by atoms with Gasteiger partial charge < -0.3 is 9.84 Å². The summed E-state index contributed by atoms with van der Waals surface area (Å²) in [6.45, 7) is 1.73. The largest absolute Gasteiger partial charge is 0.494 e. The molecule has 0 spiro atoms. The van der Waals surface area contributed by atoms with Gasteiger partial charge in [-0.2, -0.15) is 0 Å². The molecule has 6 heteroatoms. The number of ether oxygens (including phenoxy) is 1. The van der Waals surface area contributed by atoms with Gasteiger partial charge in [0.25, 0.3) is 0 Å². The number of carboxylic acid groups (broad SMARTS) is 1. The van der Waals surface area contributed by atoms with E-state index in [0.29, 0.717) is 22.2 Å². The molecule has 0 unspecified atom stereocenters. The zero-order valence-electron chi connectivity index (χ0n) is 14.5. The first-order chi connectivity index (χ1) is 11.9. The molecule has 1 aliphatic carbocycles. The fraction of sp³-hybridized carbons (Fsp3) is 0.474. The van der Waals surface area contributed by atoms with E-state index in [1.807, 2.05) is 0 Å². The molecule has 1 N–H and O–H groups in total. The number of carbonyl (C=O) groups is 2. The van der Waals surface area contributed by atoms with Crippen LogP contribution in [0, 0.1) is 18.7 Å². The maximum absolute atomic E-state index is 14.2. The maximum atomic E-state index is 14.2. The highest BCUT2D eigenvalue weighted by Gasteiger charge is 2.28. The monoisotopic (exact) mass is 347 g/mol. The molecule has 1 saturated carbocycles. The normalized spacial score (nSPS) is 15.5. The van der Waals surface area contributed by atoms with E-state index in [9.17, 15) is 19.1 Å². The molecule has 1 aromatic carbocycles. The third-order valence-electron chi connectivity index (χ3n) is 5.11. The number of carboxylic acids is 1. The first-order valence-electron chi connectivity index (χ1n) is 8.57. The molecular formula is C19H22FNO4. The number of aliphatic carboxylic acids is 1. The van der Waals surface area contributed by atoms with Crippen molar-refractivity contribution >= 4 is 22.8 Å². The molecule has 0 aliphatic heterocycles. The van der Waals surface area contributed by atoms with Crippen molar-refractivity contribution in [2.75, 3.05) is 7.11 Å². The molecule has 25 heavy (non-hydrogen) atoms. The van der Waals surface area contributed by atoms with Gasteiger partial charge in [-0.25, -0.2) is 4.39 Å². The van der Waals surface area contributed by atoms with Gasteiger partial charge in [-0.15, -0.1) is 0 Å². The Morgan fingerprint density at radius 2 is 1.96 bits per heavy atom. The molecule has 1 fully saturated rings. The van der Waals surface area contributed by atoms with Crippen molar-refractivity contribution in [1.82, 2.24) is 4.57 Å². The number of carbonyl (C=O) groups excluding carboxylic acids is 1. The summed E-state index contributed by atoms with van der Waals surface area (Å²) in [7, 11) is 1.36. The highest BCUT2D eigenvalue weighted by Crippen LogP contribution is 2.34. The molecule has 134 valence electrons. The maximum Gasteiger partial charge on any atom is 0.307 e. The lowest BCUT2D eigenvalue weighted by molar-refractivity contribution is -0.136. The average molecular weight is 347 g/mol. The average Bonchev–Trinajstić information content (AvgIpc) is 2.85. The Labute approximate surface area is 145 Å². The molecule has 0 atom stereocenters. The molecule has 5 nitrogen and oxygen atoms in total. The number of benzene rings is 1. The summed E-state index contributed by atoms with van der Waals surface area (Å²) < 4.78 is 20.8. The van der Waals surface area contributed by atoms with Crippen LogP contribution in [-0.4, -0.2) is 28.7 Å². The van der Waals surface area contributed by atoms with Crippen LogP contribution in [0.5, 0.6) is 5.75 Å². The number of nitrogens with zero attached hydrogens (tertiary/aromatic N) is 1. The van der Waals surface area contributed by atoms with E-state index in [-0.39, 0.29) is 24.0 Å². The van der Waals surface area contributed by atoms with Crippen LogP contribution in [0.4, 0.5) is 4.39 Å². The number of fused-ring (bicyclic) bond motifs is 1. The van der Waals surface area contributed by atoms with E-state index < -0.39 is 11.8 Å². The van der Waals surface area contributed by atoms with Crippen molar-refractivity contribution in [1.29, 1.82) is 0 Å². The second-order valence-corrected chi connectivity index (χ2v) is 6.65. The Hall–Kier alpha value is -2.37. The molecule has 2 aromatic rings. The summed E-state index contributed by atoms with van der Waals surface area (Å²) in [5.41, 5.74) is 1.52. The highest BCUT2D eigenvalue weighted by atomic mass is 19.1. The van der Waals surface area contributed by atoms with Crippen molar-refractivity contribution in [3.8, 4) is 5.75 Å². The number of methoxy groups -OCH3 is 1. The van der Waals surface area contributed by atoms with E-state index in [4.69, 9.17) is 4.74 Å². The van der Waals surface area contributed by atoms with Gasteiger partial charge in [-0.05, 0) is 31.4 Å². The summed E-state index contributed by atoms with van der Waals surface area (Å²) in [5.74, 6) is -1.67. The van der Waals surface area contributed by atoms with E-state index in [2.05, 4.69) is 0 Å². The van der Waals surface area contributed by atoms with Crippen LogP contribution in [0.2, 0.25) is 0 Å². The van der Waals surface area contributed by atoms with Crippen molar-refractivity contribution in [2.24, 2.45) is 5.92 Å². The van der Waals surface area contributed by atoms with Gasteiger partial charge in [0.1, 0.15) is 0 Å². The summed E-state index contributed by atoms with van der Waals surface area (Å²) in [6, 6.07) is 2.76. The SMILES string of the molecule is COc1cc2c(CC(=O)O)c(C)n(C(=O)C3CCCCC3)c2cc1F. The third kappa shape index (κ3) is 3.13. The predicted octanol–water partition coefficient (Wildman–Crippen LogP) is 3.95. The molecular weight excluding hydrogens is 325 g/mol. The summed E-state index contributed by atoms with van der Waals surface area (Å²) in [5, 5.41) is 9.79. The first kappa shape index (κ1) is 17.5. The highest BCUT2D eigenvalue weighted by molar-refractivity contribution is 5.98. The number of rotatable bonds is 4. The van der Waals surface area contributed by atoms with Crippen LogP contribution in [0.15, 0.2) is 12.1 Å². The Morgan fingerprint density at radius 3 is 2.56 bits per heavy atom. The van der Waals surface area contributed by atoms with Crippen LogP contribution in [0.25, 0.3) is 10.9 Å². The van der Waals surface area contributed by atoms with Gasteiger partial charge in [-0.1, -0.05) is 19.3 Å². The smallest absolute Gasteiger partial charge is 0.307 e. The van der Waals surface area contributed by atoms with Crippen molar-refractivity contribution < 1.29 is 23.8 Å². The van der Waals surface area contributed by atoms with Gasteiger partial charge in [0.05, 0.1) is 19.0 Å². The number of aromatic nitrogens is 1. The first-order valence-corrected chi connectivity index (χ1v) is 8.57. The summed E-state index contributed by atoms with van der Waals surface area (Å²) in [6.07, 6.45) is 4.58. The molecule has 1 aromatic heterocycles. The van der Waals surface area contributed by atoms with Crippen LogP contribution in [-0.2, 0) is 11.2 Å². The lowest BCUT2D eigenvalue weighted by Crippen LogP contribution is -2.24. The zero-order chi connectivity index (χ0) is 18.1. The van der Waals surface area contributed by atoms with Crippen LogP contribution in [0.1, 0.15) is 48.2 Å². The molecule has 1 heterocycles. The second-order valence-electron chi connectivity index (χ2n) is 6.65.